The average Bonchev–Trinajstić information content (AvgIpc) is 3.40. The Hall–Kier alpha value is -4.06. The number of hydrogen-bond acceptors (Lipinski definition) is 3. The number of aromatic nitrogens is 1. The molecule has 0 unspecified atom stereocenters. The number of fused-ring (bicyclic) bond motifs is 4. The molecule has 166 valence electrons. The van der Waals surface area contributed by atoms with Gasteiger partial charge in [0.1, 0.15) is 12.6 Å². The zero-order valence-corrected chi connectivity index (χ0v) is 18.1. The van der Waals surface area contributed by atoms with Gasteiger partial charge >= 0.3 is 12.1 Å². The van der Waals surface area contributed by atoms with Crippen LogP contribution in [0.2, 0.25) is 0 Å². The molecule has 1 aliphatic rings. The van der Waals surface area contributed by atoms with E-state index in [1.54, 1.807) is 13.1 Å². The molecule has 1 amide bonds. The van der Waals surface area contributed by atoms with Crippen LogP contribution in [0.5, 0.6) is 0 Å². The van der Waals surface area contributed by atoms with Crippen LogP contribution in [0.25, 0.3) is 22.0 Å². The first-order chi connectivity index (χ1) is 16.0. The number of para-hydroxylation sites is 1. The quantitative estimate of drug-likeness (QED) is 0.381. The van der Waals surface area contributed by atoms with E-state index in [-0.39, 0.29) is 12.5 Å². The molecule has 3 N–H and O–H groups in total. The molecular weight excluding hydrogens is 416 g/mol. The summed E-state index contributed by atoms with van der Waals surface area (Å²) in [7, 11) is 0. The summed E-state index contributed by atoms with van der Waals surface area (Å²) in [5.74, 6) is -1.65. The minimum Gasteiger partial charge on any atom is -0.480 e. The van der Waals surface area contributed by atoms with E-state index in [2.05, 4.69) is 22.4 Å². The predicted molar refractivity (Wildman–Crippen MR) is 126 cm³/mol. The maximum atomic E-state index is 12.7. The molecule has 0 fully saturated rings. The van der Waals surface area contributed by atoms with Crippen LogP contribution in [0.4, 0.5) is 4.79 Å². The monoisotopic (exact) mass is 440 g/mol. The molecule has 33 heavy (non-hydrogen) atoms. The predicted octanol–water partition coefficient (Wildman–Crippen LogP) is 5.26. The van der Waals surface area contributed by atoms with Gasteiger partial charge in [0.05, 0.1) is 0 Å². The van der Waals surface area contributed by atoms with Gasteiger partial charge in [-0.1, -0.05) is 73.7 Å². The molecule has 0 bridgehead atoms. The molecule has 4 aromatic rings. The molecule has 0 aliphatic heterocycles. The van der Waals surface area contributed by atoms with Crippen molar-refractivity contribution < 1.29 is 19.4 Å². The number of ether oxygens (including phenoxy) is 1. The van der Waals surface area contributed by atoms with Crippen LogP contribution in [-0.4, -0.2) is 34.8 Å². The van der Waals surface area contributed by atoms with Gasteiger partial charge in [-0.05, 0) is 33.9 Å². The summed E-state index contributed by atoms with van der Waals surface area (Å²) >= 11 is 0. The number of hydrogen-bond donors (Lipinski definition) is 3. The van der Waals surface area contributed by atoms with E-state index in [9.17, 15) is 14.7 Å². The Morgan fingerprint density at radius 1 is 0.970 bits per heavy atom. The summed E-state index contributed by atoms with van der Waals surface area (Å²) in [5.41, 5.74) is 6.24. The lowest BCUT2D eigenvalue weighted by molar-refractivity contribution is -0.139. The van der Waals surface area contributed by atoms with Gasteiger partial charge in [0.25, 0.3) is 0 Å². The summed E-state index contributed by atoms with van der Waals surface area (Å²) in [6.45, 7) is 1.92. The van der Waals surface area contributed by atoms with Crippen molar-refractivity contribution in [2.75, 3.05) is 6.61 Å². The molecule has 6 heteroatoms. The van der Waals surface area contributed by atoms with Gasteiger partial charge in [0.2, 0.25) is 0 Å². The van der Waals surface area contributed by atoms with Crippen molar-refractivity contribution in [2.45, 2.75) is 24.8 Å². The van der Waals surface area contributed by atoms with E-state index in [1.807, 2.05) is 60.7 Å². The van der Waals surface area contributed by atoms with E-state index in [1.165, 1.54) is 0 Å². The highest BCUT2D eigenvalue weighted by Crippen LogP contribution is 2.44. The maximum absolute atomic E-state index is 12.7. The van der Waals surface area contributed by atoms with E-state index >= 15 is 0 Å². The van der Waals surface area contributed by atoms with Crippen LogP contribution in [0.3, 0.4) is 0 Å². The lowest BCUT2D eigenvalue weighted by Crippen LogP contribution is -2.44. The smallest absolute Gasteiger partial charge is 0.407 e. The van der Waals surface area contributed by atoms with Crippen LogP contribution < -0.4 is 5.32 Å². The Morgan fingerprint density at radius 3 is 2.24 bits per heavy atom. The number of carbonyl (C=O) groups excluding carboxylic acids is 1. The number of aromatic amines is 1. The highest BCUT2D eigenvalue weighted by molar-refractivity contribution is 5.86. The van der Waals surface area contributed by atoms with Gasteiger partial charge in [-0.25, -0.2) is 9.59 Å². The minimum absolute atomic E-state index is 0.0857. The Morgan fingerprint density at radius 2 is 1.58 bits per heavy atom. The minimum atomic E-state index is -1.13. The van der Waals surface area contributed by atoms with Crippen molar-refractivity contribution in [1.82, 2.24) is 10.3 Å². The fraction of sp³-hybridized carbons (Fsp3) is 0.185. The van der Waals surface area contributed by atoms with Crippen molar-refractivity contribution >= 4 is 23.0 Å². The Bertz CT molecular complexity index is 1300. The molecular formula is C27H24N2O4. The number of carboxylic acids is 1. The number of benzene rings is 3. The number of H-pyrrole nitrogens is 1. The number of aliphatic carboxylic acids is 1. The Balaban J connectivity index is 1.31. The number of carboxylic acid groups (broad SMARTS) is 1. The second-order valence-corrected chi connectivity index (χ2v) is 8.36. The number of carbonyl (C=O) groups is 2. The second-order valence-electron chi connectivity index (χ2n) is 8.36. The average molecular weight is 440 g/mol. The number of rotatable bonds is 6. The molecule has 1 heterocycles. The second kappa shape index (κ2) is 8.47. The number of amides is 1. The van der Waals surface area contributed by atoms with Crippen LogP contribution >= 0.6 is 0 Å². The summed E-state index contributed by atoms with van der Waals surface area (Å²) in [6, 6.07) is 22.7. The maximum Gasteiger partial charge on any atom is 0.407 e. The normalized spacial score (nSPS) is 14.3. The summed E-state index contributed by atoms with van der Waals surface area (Å²) < 4.78 is 5.55. The van der Waals surface area contributed by atoms with Crippen LogP contribution in [0.15, 0.2) is 79.0 Å². The van der Waals surface area contributed by atoms with Crippen molar-refractivity contribution in [3.8, 4) is 11.1 Å². The Labute approximate surface area is 191 Å². The lowest BCUT2D eigenvalue weighted by Gasteiger charge is -2.22. The van der Waals surface area contributed by atoms with Crippen LogP contribution in [-0.2, 0) is 9.53 Å². The van der Waals surface area contributed by atoms with Crippen molar-refractivity contribution in [2.24, 2.45) is 0 Å². The molecule has 6 nitrogen and oxygen atoms in total. The first-order valence-corrected chi connectivity index (χ1v) is 10.9. The molecule has 2 atom stereocenters. The van der Waals surface area contributed by atoms with Gasteiger partial charge in [-0.2, -0.15) is 0 Å². The molecule has 0 radical (unpaired) electrons. The van der Waals surface area contributed by atoms with Crippen molar-refractivity contribution in [3.63, 3.8) is 0 Å². The summed E-state index contributed by atoms with van der Waals surface area (Å²) in [5, 5.41) is 13.3. The molecule has 1 aromatic heterocycles. The molecule has 0 saturated heterocycles. The molecule has 1 aliphatic carbocycles. The van der Waals surface area contributed by atoms with E-state index in [0.29, 0.717) is 0 Å². The topological polar surface area (TPSA) is 91.4 Å². The zero-order chi connectivity index (χ0) is 22.9. The van der Waals surface area contributed by atoms with Gasteiger partial charge in [-0.15, -0.1) is 0 Å². The Kier molecular flexibility index (Phi) is 5.34. The highest BCUT2D eigenvalue weighted by Gasteiger charge is 2.32. The van der Waals surface area contributed by atoms with Crippen LogP contribution in [0.1, 0.15) is 35.4 Å². The third-order valence-corrected chi connectivity index (χ3v) is 6.49. The number of nitrogens with one attached hydrogen (secondary N) is 2. The fourth-order valence-corrected chi connectivity index (χ4v) is 4.82. The van der Waals surface area contributed by atoms with Crippen LogP contribution in [0, 0.1) is 0 Å². The lowest BCUT2D eigenvalue weighted by atomic mass is 9.93. The van der Waals surface area contributed by atoms with E-state index in [4.69, 9.17) is 4.74 Å². The zero-order valence-electron chi connectivity index (χ0n) is 18.1. The number of alkyl carbamates (subject to hydrolysis) is 1. The van der Waals surface area contributed by atoms with Crippen molar-refractivity contribution in [1.29, 1.82) is 0 Å². The van der Waals surface area contributed by atoms with E-state index in [0.717, 1.165) is 38.7 Å². The largest absolute Gasteiger partial charge is 0.480 e. The van der Waals surface area contributed by atoms with Gasteiger partial charge in [0.15, 0.2) is 0 Å². The van der Waals surface area contributed by atoms with Gasteiger partial charge in [-0.3, -0.25) is 0 Å². The molecule has 3 aromatic carbocycles. The summed E-state index contributed by atoms with van der Waals surface area (Å²) in [4.78, 5) is 27.8. The third-order valence-electron chi connectivity index (χ3n) is 6.49. The van der Waals surface area contributed by atoms with Crippen molar-refractivity contribution in [3.05, 3.63) is 95.7 Å². The first-order valence-electron chi connectivity index (χ1n) is 10.9. The molecule has 0 spiro atoms. The third kappa shape index (κ3) is 3.74. The van der Waals surface area contributed by atoms with Gasteiger partial charge < -0.3 is 20.1 Å². The standard InChI is InChI=1S/C27H24N2O4/c1-16(22-14-28-24-13-7-6-12-21(22)24)25(26(30)31)29-27(32)33-15-23-19-10-4-2-8-17(19)18-9-3-5-11-20(18)23/h2-14,16,23,25,28H,15H2,1H3,(H,29,32)(H,30,31)/t16-,25+/m0/s1. The highest BCUT2D eigenvalue weighted by atomic mass is 16.5. The summed E-state index contributed by atoms with van der Waals surface area (Å²) in [6.07, 6.45) is 1.06. The fourth-order valence-electron chi connectivity index (χ4n) is 4.82. The molecule has 0 saturated carbocycles. The van der Waals surface area contributed by atoms with E-state index < -0.39 is 24.0 Å². The first kappa shape index (κ1) is 20.8. The van der Waals surface area contributed by atoms with Gasteiger partial charge in [0, 0.05) is 28.9 Å². The molecule has 5 rings (SSSR count). The SMILES string of the molecule is C[C@@H](c1c[nH]c2ccccc12)[C@@H](NC(=O)OCC1c2ccccc2-c2ccccc21)C(=O)O.